The highest BCUT2D eigenvalue weighted by Crippen LogP contribution is 2.23. The number of nitrogens with zero attached hydrogens (tertiary/aromatic N) is 1. The van der Waals surface area contributed by atoms with Gasteiger partial charge in [0.05, 0.1) is 10.6 Å². The molecule has 0 aliphatic rings. The Morgan fingerprint density at radius 1 is 1.40 bits per heavy atom. The van der Waals surface area contributed by atoms with Crippen LogP contribution in [0.4, 0.5) is 0 Å². The first-order valence-electron chi connectivity index (χ1n) is 2.69. The van der Waals surface area contributed by atoms with Gasteiger partial charge in [0.2, 0.25) is 0 Å². The summed E-state index contributed by atoms with van der Waals surface area (Å²) in [4.78, 5) is 4.97. The van der Waals surface area contributed by atoms with Gasteiger partial charge >= 0.3 is 0 Å². The Bertz CT molecular complexity index is 239. The lowest BCUT2D eigenvalue weighted by molar-refractivity contribution is 1.38. The van der Waals surface area contributed by atoms with E-state index in [-0.39, 0.29) is 0 Å². The van der Waals surface area contributed by atoms with E-state index in [1.165, 1.54) is 11.3 Å². The molecule has 0 saturated carbocycles. The van der Waals surface area contributed by atoms with E-state index < -0.39 is 0 Å². The normalized spacial score (nSPS) is 9.30. The molecule has 0 bridgehead atoms. The van der Waals surface area contributed by atoms with Crippen molar-refractivity contribution in [1.82, 2.24) is 4.98 Å². The molecule has 0 N–H and O–H groups in total. The van der Waals surface area contributed by atoms with E-state index in [1.54, 1.807) is 12.2 Å². The van der Waals surface area contributed by atoms with Crippen molar-refractivity contribution in [2.24, 2.45) is 0 Å². The van der Waals surface area contributed by atoms with Crippen LogP contribution >= 0.6 is 22.9 Å². The maximum absolute atomic E-state index is 5.63. The average Bonchev–Trinajstić information content (AvgIpc) is 2.30. The van der Waals surface area contributed by atoms with Gasteiger partial charge in [0.15, 0.2) is 4.47 Å². The maximum Gasteiger partial charge on any atom is 0.184 e. The van der Waals surface area contributed by atoms with E-state index in [4.69, 9.17) is 11.6 Å². The largest absolute Gasteiger partial charge is 0.225 e. The van der Waals surface area contributed by atoms with Crippen molar-refractivity contribution in [1.29, 1.82) is 0 Å². The number of halogens is 1. The highest BCUT2D eigenvalue weighted by molar-refractivity contribution is 7.16. The zero-order chi connectivity index (χ0) is 7.56. The smallest absolute Gasteiger partial charge is 0.184 e. The van der Waals surface area contributed by atoms with Gasteiger partial charge in [0.25, 0.3) is 0 Å². The van der Waals surface area contributed by atoms with Gasteiger partial charge in [-0.25, -0.2) is 4.98 Å². The first-order valence-corrected chi connectivity index (χ1v) is 3.88. The summed E-state index contributed by atoms with van der Waals surface area (Å²) in [6, 6.07) is 0. The third-order valence-electron chi connectivity index (χ3n) is 1.03. The summed E-state index contributed by atoms with van der Waals surface area (Å²) in [5.74, 6) is 0. The lowest BCUT2D eigenvalue weighted by Crippen LogP contribution is -1.71. The second-order valence-electron chi connectivity index (χ2n) is 1.62. The third-order valence-corrected chi connectivity index (χ3v) is 2.21. The van der Waals surface area contributed by atoms with Crippen LogP contribution in [0.5, 0.6) is 0 Å². The molecule has 1 aromatic heterocycles. The van der Waals surface area contributed by atoms with Crippen molar-refractivity contribution in [2.75, 3.05) is 0 Å². The quantitative estimate of drug-likeness (QED) is 0.667. The molecule has 0 aromatic carbocycles. The molecule has 3 heteroatoms. The highest BCUT2D eigenvalue weighted by atomic mass is 35.5. The lowest BCUT2D eigenvalue weighted by Gasteiger charge is -1.82. The first kappa shape index (κ1) is 7.51. The maximum atomic E-state index is 5.63. The van der Waals surface area contributed by atoms with Gasteiger partial charge in [-0.3, -0.25) is 0 Å². The molecular weight excluding hydrogens is 166 g/mol. The van der Waals surface area contributed by atoms with Gasteiger partial charge in [-0.2, -0.15) is 0 Å². The van der Waals surface area contributed by atoms with Gasteiger partial charge in [0, 0.05) is 0 Å². The Hall–Kier alpha value is -0.600. The van der Waals surface area contributed by atoms with Crippen LogP contribution in [0, 0.1) is 0 Å². The first-order chi connectivity index (χ1) is 4.77. The van der Waals surface area contributed by atoms with Crippen molar-refractivity contribution in [3.63, 3.8) is 0 Å². The van der Waals surface area contributed by atoms with Gasteiger partial charge in [-0.15, -0.1) is 11.3 Å². The topological polar surface area (TPSA) is 12.9 Å². The standard InChI is InChI=1S/C7H6ClNS/c1-3-5-6(4-2)10-7(8)9-5/h3-4H,1-2H2. The predicted molar refractivity (Wildman–Crippen MR) is 47.3 cm³/mol. The number of hydrogen-bond donors (Lipinski definition) is 0. The molecule has 0 unspecified atom stereocenters. The third kappa shape index (κ3) is 1.28. The molecule has 52 valence electrons. The van der Waals surface area contributed by atoms with Gasteiger partial charge in [-0.05, 0) is 12.2 Å². The minimum Gasteiger partial charge on any atom is -0.225 e. The van der Waals surface area contributed by atoms with Crippen molar-refractivity contribution in [3.05, 3.63) is 28.2 Å². The van der Waals surface area contributed by atoms with Crippen molar-refractivity contribution < 1.29 is 0 Å². The fourth-order valence-electron chi connectivity index (χ4n) is 0.608. The second-order valence-corrected chi connectivity index (χ2v) is 3.24. The molecule has 0 spiro atoms. The van der Waals surface area contributed by atoms with Gasteiger partial charge in [0.1, 0.15) is 0 Å². The summed E-state index contributed by atoms with van der Waals surface area (Å²) in [6.45, 7) is 7.21. The number of aromatic nitrogens is 1. The predicted octanol–water partition coefficient (Wildman–Crippen LogP) is 3.08. The fourth-order valence-corrected chi connectivity index (χ4v) is 1.59. The Labute approximate surface area is 68.7 Å². The highest BCUT2D eigenvalue weighted by Gasteiger charge is 2.01. The molecule has 0 aliphatic heterocycles. The zero-order valence-corrected chi connectivity index (χ0v) is 6.87. The van der Waals surface area contributed by atoms with Crippen LogP contribution in [0.2, 0.25) is 4.47 Å². The monoisotopic (exact) mass is 171 g/mol. The molecule has 0 fully saturated rings. The molecule has 1 heterocycles. The lowest BCUT2D eigenvalue weighted by atomic mass is 10.3. The van der Waals surface area contributed by atoms with Crippen LogP contribution in [-0.4, -0.2) is 4.98 Å². The molecule has 0 saturated heterocycles. The SMILES string of the molecule is C=Cc1nc(Cl)sc1C=C. The van der Waals surface area contributed by atoms with Crippen LogP contribution in [-0.2, 0) is 0 Å². The van der Waals surface area contributed by atoms with Crippen LogP contribution in [0.25, 0.3) is 12.2 Å². The zero-order valence-electron chi connectivity index (χ0n) is 5.30. The second kappa shape index (κ2) is 2.99. The molecule has 1 rings (SSSR count). The Morgan fingerprint density at radius 2 is 2.10 bits per heavy atom. The summed E-state index contributed by atoms with van der Waals surface area (Å²) >= 11 is 7.04. The van der Waals surface area contributed by atoms with E-state index in [9.17, 15) is 0 Å². The summed E-state index contributed by atoms with van der Waals surface area (Å²) < 4.78 is 0.532. The molecule has 1 aromatic rings. The minimum absolute atomic E-state index is 0.532. The van der Waals surface area contributed by atoms with E-state index in [0.717, 1.165) is 10.6 Å². The van der Waals surface area contributed by atoms with Crippen LogP contribution < -0.4 is 0 Å². The molecule has 0 aliphatic carbocycles. The Kier molecular flexibility index (Phi) is 2.25. The molecule has 0 amide bonds. The van der Waals surface area contributed by atoms with E-state index in [1.807, 2.05) is 0 Å². The van der Waals surface area contributed by atoms with E-state index >= 15 is 0 Å². The minimum atomic E-state index is 0.532. The van der Waals surface area contributed by atoms with Crippen LogP contribution in [0.1, 0.15) is 10.6 Å². The molecule has 1 nitrogen and oxygen atoms in total. The summed E-state index contributed by atoms with van der Waals surface area (Å²) in [5.41, 5.74) is 0.810. The average molecular weight is 172 g/mol. The molecule has 0 radical (unpaired) electrons. The van der Waals surface area contributed by atoms with Gasteiger partial charge < -0.3 is 0 Å². The summed E-state index contributed by atoms with van der Waals surface area (Å²) in [5, 5.41) is 0. The summed E-state index contributed by atoms with van der Waals surface area (Å²) in [6.07, 6.45) is 3.39. The molecule has 0 atom stereocenters. The summed E-state index contributed by atoms with van der Waals surface area (Å²) in [7, 11) is 0. The molecular formula is C7H6ClNS. The van der Waals surface area contributed by atoms with E-state index in [0.29, 0.717) is 4.47 Å². The van der Waals surface area contributed by atoms with Gasteiger partial charge in [-0.1, -0.05) is 24.8 Å². The number of thiazole rings is 1. The van der Waals surface area contributed by atoms with Crippen molar-refractivity contribution in [3.8, 4) is 0 Å². The van der Waals surface area contributed by atoms with Crippen LogP contribution in [0.15, 0.2) is 13.2 Å². The fraction of sp³-hybridized carbons (Fsp3) is 0. The van der Waals surface area contributed by atoms with Crippen molar-refractivity contribution >= 4 is 35.1 Å². The number of hydrogen-bond acceptors (Lipinski definition) is 2. The van der Waals surface area contributed by atoms with E-state index in [2.05, 4.69) is 18.1 Å². The Morgan fingerprint density at radius 3 is 2.50 bits per heavy atom. The van der Waals surface area contributed by atoms with Crippen molar-refractivity contribution in [2.45, 2.75) is 0 Å². The number of rotatable bonds is 2. The Balaban J connectivity index is 3.20. The van der Waals surface area contributed by atoms with Crippen LogP contribution in [0.3, 0.4) is 0 Å². The molecule has 10 heavy (non-hydrogen) atoms.